The second kappa shape index (κ2) is 7.33. The van der Waals surface area contributed by atoms with Gasteiger partial charge < -0.3 is 20.5 Å². The monoisotopic (exact) mass is 272 g/mol. The van der Waals surface area contributed by atoms with Crippen molar-refractivity contribution in [3.63, 3.8) is 0 Å². The summed E-state index contributed by atoms with van der Waals surface area (Å²) in [6, 6.07) is -0.389. The molecule has 0 saturated heterocycles. The lowest BCUT2D eigenvalue weighted by molar-refractivity contribution is -0.149. The lowest BCUT2D eigenvalue weighted by atomic mass is 9.83. The number of amides is 1. The molecule has 0 aromatic carbocycles. The van der Waals surface area contributed by atoms with Crippen molar-refractivity contribution in [2.45, 2.75) is 58.2 Å². The maximum atomic E-state index is 11.7. The van der Waals surface area contributed by atoms with Crippen LogP contribution in [0.25, 0.3) is 0 Å². The predicted octanol–water partition coefficient (Wildman–Crippen LogP) is 1.18. The summed E-state index contributed by atoms with van der Waals surface area (Å²) in [6.45, 7) is 5.71. The molecule has 1 amide bonds. The highest BCUT2D eigenvalue weighted by Crippen LogP contribution is 2.25. The van der Waals surface area contributed by atoms with Crippen molar-refractivity contribution >= 4 is 12.1 Å². The van der Waals surface area contributed by atoms with Gasteiger partial charge in [0.2, 0.25) is 0 Å². The molecule has 6 heteroatoms. The standard InChI is InChI=1S/C13H24N2O4/c1-4-18-12(16)9-5-6-10(14)11(7-9)15-13(17)19-8(2)3/h8-11H,4-7,14H2,1-3H3,(H,15,17)/t9-,10-,11+/m0/s1. The number of nitrogens with two attached hydrogens (primary N) is 1. The van der Waals surface area contributed by atoms with E-state index in [1.807, 2.05) is 0 Å². The molecular weight excluding hydrogens is 248 g/mol. The molecule has 3 N–H and O–H groups in total. The highest BCUT2D eigenvalue weighted by Gasteiger charge is 2.34. The van der Waals surface area contributed by atoms with Gasteiger partial charge in [0.25, 0.3) is 0 Å². The molecule has 1 saturated carbocycles. The van der Waals surface area contributed by atoms with Gasteiger partial charge in [-0.05, 0) is 40.0 Å². The molecule has 0 heterocycles. The summed E-state index contributed by atoms with van der Waals surface area (Å²) in [4.78, 5) is 23.3. The zero-order valence-corrected chi connectivity index (χ0v) is 11.8. The van der Waals surface area contributed by atoms with E-state index < -0.39 is 6.09 Å². The van der Waals surface area contributed by atoms with Crippen molar-refractivity contribution in [1.82, 2.24) is 5.32 Å². The molecule has 19 heavy (non-hydrogen) atoms. The van der Waals surface area contributed by atoms with Gasteiger partial charge in [-0.25, -0.2) is 4.79 Å². The molecule has 1 aliphatic rings. The summed E-state index contributed by atoms with van der Waals surface area (Å²) in [7, 11) is 0. The van der Waals surface area contributed by atoms with Gasteiger partial charge in [0.15, 0.2) is 0 Å². The van der Waals surface area contributed by atoms with Crippen LogP contribution in [0.15, 0.2) is 0 Å². The Balaban J connectivity index is 2.51. The largest absolute Gasteiger partial charge is 0.466 e. The number of ether oxygens (including phenoxy) is 2. The Hall–Kier alpha value is -1.30. The molecule has 3 atom stereocenters. The summed E-state index contributed by atoms with van der Waals surface area (Å²) < 4.78 is 10.0. The van der Waals surface area contributed by atoms with E-state index in [2.05, 4.69) is 5.32 Å². The van der Waals surface area contributed by atoms with E-state index in [0.29, 0.717) is 25.9 Å². The zero-order valence-electron chi connectivity index (χ0n) is 11.8. The van der Waals surface area contributed by atoms with Gasteiger partial charge in [-0.2, -0.15) is 0 Å². The van der Waals surface area contributed by atoms with Crippen molar-refractivity contribution < 1.29 is 19.1 Å². The molecule has 1 fully saturated rings. The first-order valence-electron chi connectivity index (χ1n) is 6.83. The van der Waals surface area contributed by atoms with Crippen LogP contribution in [0, 0.1) is 5.92 Å². The van der Waals surface area contributed by atoms with Crippen molar-refractivity contribution in [3.05, 3.63) is 0 Å². The average Bonchev–Trinajstić information content (AvgIpc) is 2.31. The van der Waals surface area contributed by atoms with Crippen molar-refractivity contribution in [2.24, 2.45) is 11.7 Å². The SMILES string of the molecule is CCOC(=O)[C@H]1CC[C@H](N)[C@H](NC(=O)OC(C)C)C1. The van der Waals surface area contributed by atoms with Crippen LogP contribution in [-0.4, -0.2) is 36.9 Å². The molecule has 0 radical (unpaired) electrons. The number of esters is 1. The third-order valence-corrected chi connectivity index (χ3v) is 3.17. The number of nitrogens with one attached hydrogen (secondary N) is 1. The third kappa shape index (κ3) is 5.06. The van der Waals surface area contributed by atoms with Gasteiger partial charge >= 0.3 is 12.1 Å². The summed E-state index contributed by atoms with van der Waals surface area (Å²) in [5, 5.41) is 2.73. The minimum Gasteiger partial charge on any atom is -0.466 e. The van der Waals surface area contributed by atoms with Crippen molar-refractivity contribution in [3.8, 4) is 0 Å². The summed E-state index contributed by atoms with van der Waals surface area (Å²) in [6.07, 6.45) is 1.24. The predicted molar refractivity (Wildman–Crippen MR) is 70.5 cm³/mol. The van der Waals surface area contributed by atoms with Gasteiger partial charge in [-0.3, -0.25) is 4.79 Å². The Morgan fingerprint density at radius 2 is 2.05 bits per heavy atom. The fourth-order valence-corrected chi connectivity index (χ4v) is 2.23. The van der Waals surface area contributed by atoms with Crippen molar-refractivity contribution in [1.29, 1.82) is 0 Å². The number of carbonyl (C=O) groups excluding carboxylic acids is 2. The molecule has 0 aromatic heterocycles. The van der Waals surface area contributed by atoms with Gasteiger partial charge in [0, 0.05) is 12.1 Å². The van der Waals surface area contributed by atoms with Gasteiger partial charge in [-0.15, -0.1) is 0 Å². The lowest BCUT2D eigenvalue weighted by Crippen LogP contribution is -2.52. The Bertz CT molecular complexity index is 320. The second-order valence-corrected chi connectivity index (χ2v) is 5.13. The first kappa shape index (κ1) is 15.8. The van der Waals surface area contributed by atoms with Crippen LogP contribution in [0.2, 0.25) is 0 Å². The van der Waals surface area contributed by atoms with Crippen molar-refractivity contribution in [2.75, 3.05) is 6.61 Å². The van der Waals surface area contributed by atoms with E-state index in [-0.39, 0.29) is 30.1 Å². The molecule has 0 spiro atoms. The van der Waals surface area contributed by atoms with Gasteiger partial charge in [0.05, 0.1) is 18.6 Å². The molecule has 1 aliphatic carbocycles. The van der Waals surface area contributed by atoms with E-state index in [4.69, 9.17) is 15.2 Å². The molecule has 6 nitrogen and oxygen atoms in total. The van der Waals surface area contributed by atoms with Crippen LogP contribution in [0.1, 0.15) is 40.0 Å². The number of hydrogen-bond donors (Lipinski definition) is 2. The summed E-state index contributed by atoms with van der Waals surface area (Å²) in [5.41, 5.74) is 5.97. The molecule has 0 bridgehead atoms. The van der Waals surface area contributed by atoms with Crippen LogP contribution in [0.3, 0.4) is 0 Å². The number of rotatable bonds is 4. The van der Waals surface area contributed by atoms with Gasteiger partial charge in [0.1, 0.15) is 0 Å². The van der Waals surface area contributed by atoms with Gasteiger partial charge in [-0.1, -0.05) is 0 Å². The minimum absolute atomic E-state index is 0.148. The first-order valence-corrected chi connectivity index (χ1v) is 6.83. The fourth-order valence-electron chi connectivity index (χ4n) is 2.23. The minimum atomic E-state index is -0.486. The number of hydrogen-bond acceptors (Lipinski definition) is 5. The van der Waals surface area contributed by atoms with E-state index in [1.54, 1.807) is 20.8 Å². The van der Waals surface area contributed by atoms with E-state index in [1.165, 1.54) is 0 Å². The molecule has 0 aromatic rings. The smallest absolute Gasteiger partial charge is 0.407 e. The quantitative estimate of drug-likeness (QED) is 0.750. The van der Waals surface area contributed by atoms with E-state index in [0.717, 1.165) is 0 Å². The van der Waals surface area contributed by atoms with E-state index in [9.17, 15) is 9.59 Å². The maximum Gasteiger partial charge on any atom is 0.407 e. The molecule has 0 unspecified atom stereocenters. The van der Waals surface area contributed by atoms with Crippen LogP contribution >= 0.6 is 0 Å². The Morgan fingerprint density at radius 3 is 2.63 bits per heavy atom. The molecular formula is C13H24N2O4. The van der Waals surface area contributed by atoms with Crippen LogP contribution in [0.4, 0.5) is 4.79 Å². The van der Waals surface area contributed by atoms with E-state index >= 15 is 0 Å². The third-order valence-electron chi connectivity index (χ3n) is 3.17. The highest BCUT2D eigenvalue weighted by atomic mass is 16.6. The highest BCUT2D eigenvalue weighted by molar-refractivity contribution is 5.73. The summed E-state index contributed by atoms with van der Waals surface area (Å²) in [5.74, 6) is -0.400. The topological polar surface area (TPSA) is 90.6 Å². The first-order chi connectivity index (χ1) is 8.93. The number of carbonyl (C=O) groups is 2. The Morgan fingerprint density at radius 1 is 1.37 bits per heavy atom. The molecule has 0 aliphatic heterocycles. The second-order valence-electron chi connectivity index (χ2n) is 5.13. The normalized spacial score (nSPS) is 26.9. The van der Waals surface area contributed by atoms with Crippen LogP contribution in [0.5, 0.6) is 0 Å². The lowest BCUT2D eigenvalue weighted by Gasteiger charge is -2.33. The molecule has 1 rings (SSSR count). The average molecular weight is 272 g/mol. The fraction of sp³-hybridized carbons (Fsp3) is 0.846. The Labute approximate surface area is 114 Å². The Kier molecular flexibility index (Phi) is 6.08. The van der Waals surface area contributed by atoms with Crippen LogP contribution < -0.4 is 11.1 Å². The number of alkyl carbamates (subject to hydrolysis) is 1. The maximum absolute atomic E-state index is 11.7. The zero-order chi connectivity index (χ0) is 14.4. The van der Waals surface area contributed by atoms with Crippen LogP contribution in [-0.2, 0) is 14.3 Å². The molecule has 110 valence electrons. The summed E-state index contributed by atoms with van der Waals surface area (Å²) >= 11 is 0.